The van der Waals surface area contributed by atoms with E-state index in [-0.39, 0.29) is 93.1 Å². The minimum atomic E-state index is -1.56. The van der Waals surface area contributed by atoms with E-state index in [9.17, 15) is 69.0 Å². The Morgan fingerprint density at radius 2 is 0.947 bits per heavy atom. The van der Waals surface area contributed by atoms with Gasteiger partial charge in [0.05, 0.1) is 44.6 Å². The van der Waals surface area contributed by atoms with Gasteiger partial charge in [0.2, 0.25) is 29.6 Å². The van der Waals surface area contributed by atoms with Crippen molar-refractivity contribution in [3.8, 4) is 0 Å². The Morgan fingerprint density at radius 3 is 1.41 bits per heavy atom. The zero-order chi connectivity index (χ0) is 68.4. The van der Waals surface area contributed by atoms with E-state index >= 15 is 0 Å². The van der Waals surface area contributed by atoms with Gasteiger partial charge in [-0.25, -0.2) is 9.97 Å². The lowest BCUT2D eigenvalue weighted by Gasteiger charge is -2.33. The lowest BCUT2D eigenvalue weighted by Crippen LogP contribution is -2.49. The van der Waals surface area contributed by atoms with E-state index in [1.165, 1.54) is 18.3 Å². The number of carboxylic acids is 2. The first-order valence-corrected chi connectivity index (χ1v) is 31.5. The normalized spacial score (nSPS) is 16.8. The fourth-order valence-electron chi connectivity index (χ4n) is 10.7. The molecule has 0 aliphatic carbocycles. The minimum Gasteiger partial charge on any atom is -0.480 e. The van der Waals surface area contributed by atoms with Crippen molar-refractivity contribution >= 4 is 87.0 Å². The van der Waals surface area contributed by atoms with Gasteiger partial charge in [0, 0.05) is 158 Å². The molecular weight excluding hydrogens is 1230 g/mol. The Kier molecular flexibility index (Phi) is 29.0. The predicted molar refractivity (Wildman–Crippen MR) is 354 cm³/mol. The summed E-state index contributed by atoms with van der Waals surface area (Å²) in [5, 5.41) is 75.6. The van der Waals surface area contributed by atoms with Crippen LogP contribution in [-0.2, 0) is 35.3 Å². The number of amides is 5. The number of benzene rings is 3. The number of rotatable bonds is 26. The number of aliphatic hydroxyl groups is 4. The number of hydrogen-bond acceptors (Lipinski definition) is 25. The molecular formula is C62H89N19O14. The van der Waals surface area contributed by atoms with Crippen LogP contribution in [0.2, 0.25) is 0 Å². The second-order valence-electron chi connectivity index (χ2n) is 23.5. The Morgan fingerprint density at radius 1 is 0.537 bits per heavy atom. The second-order valence-corrected chi connectivity index (χ2v) is 23.5. The maximum Gasteiger partial charge on any atom is 0.317 e. The van der Waals surface area contributed by atoms with Gasteiger partial charge in [0.1, 0.15) is 6.04 Å². The van der Waals surface area contributed by atoms with Crippen LogP contribution in [0.4, 0.5) is 34.4 Å². The number of aliphatic carboxylic acids is 2. The van der Waals surface area contributed by atoms with Crippen molar-refractivity contribution in [1.82, 2.24) is 64.5 Å². The van der Waals surface area contributed by atoms with Crippen LogP contribution in [0, 0.1) is 0 Å². The third-order valence-electron chi connectivity index (χ3n) is 16.0. The van der Waals surface area contributed by atoms with Crippen LogP contribution in [0.5, 0.6) is 0 Å². The van der Waals surface area contributed by atoms with Gasteiger partial charge in [-0.3, -0.25) is 72.7 Å². The van der Waals surface area contributed by atoms with Gasteiger partial charge < -0.3 is 78.1 Å². The summed E-state index contributed by atoms with van der Waals surface area (Å²) in [6.45, 7) is 10.0. The maximum absolute atomic E-state index is 14.2. The van der Waals surface area contributed by atoms with Crippen molar-refractivity contribution in [3.63, 3.8) is 0 Å². The fraction of sp³-hybridized carbons (Fsp3) is 0.500. The fourth-order valence-corrected chi connectivity index (χ4v) is 10.7. The van der Waals surface area contributed by atoms with Crippen molar-refractivity contribution in [3.05, 3.63) is 101 Å². The molecule has 516 valence electrons. The molecule has 15 N–H and O–H groups in total. The minimum absolute atomic E-state index is 0.0106. The monoisotopic (exact) mass is 1320 g/mol. The Bertz CT molecular complexity index is 3380. The Hall–Kier alpha value is -8.71. The first kappa shape index (κ1) is 73.7. The lowest BCUT2D eigenvalue weighted by molar-refractivity contribution is -0.139. The summed E-state index contributed by atoms with van der Waals surface area (Å²) in [5.41, 5.74) is 7.86. The SMILES string of the molecule is CCN1CCN(CC(=O)O)CCN(CC(=O)Nc2ccc(NC(=O)CCC(NC(=O)c3ccc(NCc4cnc5nc(N)[nH]c(=O)c5n4)cc3)C(=O)Nc3ccc(NC(=O)CN4CCN(CC(=O)O)CCN(C)CCN(CC(O)O)CC4)cc3)cc2)CCN(CC(O)O)CC1. The summed E-state index contributed by atoms with van der Waals surface area (Å²) in [5.74, 6) is -4.54. The highest BCUT2D eigenvalue weighted by Gasteiger charge is 2.26. The highest BCUT2D eigenvalue weighted by atomic mass is 16.5. The second kappa shape index (κ2) is 37.4. The highest BCUT2D eigenvalue weighted by Crippen LogP contribution is 2.19. The molecule has 1 unspecified atom stereocenters. The number of likely N-dealkylation sites (N-methyl/N-ethyl adjacent to an activating group) is 2. The standard InChI is InChI=1S/C62H89N19O14/c1-3-75-22-24-80(40-55(89)90)32-28-77(29-33-81(25-23-75)41-56(91)92)37-51(83)67-45-10-8-44(9-11-45)66-50(82)17-16-49(71-59(93)42-4-6-43(7-5-42)64-34-48-35-65-58-57(69-48)61(95)73-62(63)72-58)60(94)70-47-14-12-46(13-15-47)68-52(84)36-76-26-30-78(38-53(85)86)20-18-74(2)19-21-79(31-27-76)39-54(87)88/h4-15,35,49,53,55,64,85-86,89-90H,3,16-34,36-41H2,1-2H3,(H,66,82)(H,67,83)(H,68,84)(H,70,94)(H,71,93)(H,87,88)(H,91,92)(H3,63,65,72,73,95). The molecule has 2 aliphatic heterocycles. The summed E-state index contributed by atoms with van der Waals surface area (Å²) < 4.78 is 0. The van der Waals surface area contributed by atoms with Gasteiger partial charge in [-0.05, 0) is 92.8 Å². The number of carbonyl (C=O) groups excluding carboxylic acids is 5. The number of aliphatic hydroxyl groups excluding tert-OH is 2. The molecule has 0 saturated carbocycles. The summed E-state index contributed by atoms with van der Waals surface area (Å²) in [7, 11) is 1.92. The van der Waals surface area contributed by atoms with Crippen LogP contribution in [0.25, 0.3) is 11.2 Å². The largest absolute Gasteiger partial charge is 0.480 e. The molecule has 95 heavy (non-hydrogen) atoms. The van der Waals surface area contributed by atoms with E-state index in [2.05, 4.69) is 61.6 Å². The summed E-state index contributed by atoms with van der Waals surface area (Å²) in [6, 6.07) is 17.7. The quantitative estimate of drug-likeness (QED) is 0.0262. The van der Waals surface area contributed by atoms with Gasteiger partial charge in [-0.2, -0.15) is 4.98 Å². The first-order valence-electron chi connectivity index (χ1n) is 31.5. The van der Waals surface area contributed by atoms with Gasteiger partial charge in [-0.15, -0.1) is 0 Å². The van der Waals surface area contributed by atoms with Crippen LogP contribution in [0.15, 0.2) is 83.8 Å². The summed E-state index contributed by atoms with van der Waals surface area (Å²) in [6.07, 6.45) is -2.06. The molecule has 1 atom stereocenters. The van der Waals surface area contributed by atoms with Crippen molar-refractivity contribution in [2.75, 3.05) is 190 Å². The predicted octanol–water partition coefficient (Wildman–Crippen LogP) is -2.18. The number of nitrogens with one attached hydrogen (secondary N) is 7. The molecule has 4 heterocycles. The first-order chi connectivity index (χ1) is 45.5. The number of H-pyrrole nitrogens is 1. The summed E-state index contributed by atoms with van der Waals surface area (Å²) >= 11 is 0. The molecule has 2 saturated heterocycles. The number of aromatic nitrogens is 4. The maximum atomic E-state index is 14.2. The smallest absolute Gasteiger partial charge is 0.317 e. The van der Waals surface area contributed by atoms with Crippen LogP contribution in [0.1, 0.15) is 35.8 Å². The van der Waals surface area contributed by atoms with Gasteiger partial charge in [0.25, 0.3) is 11.5 Å². The van der Waals surface area contributed by atoms with Crippen molar-refractivity contribution in [1.29, 1.82) is 0 Å². The van der Waals surface area contributed by atoms with Crippen molar-refractivity contribution in [2.24, 2.45) is 0 Å². The van der Waals surface area contributed by atoms with E-state index in [0.29, 0.717) is 139 Å². The van der Waals surface area contributed by atoms with E-state index in [1.807, 2.05) is 43.4 Å². The molecule has 33 nitrogen and oxygen atoms in total. The van der Waals surface area contributed by atoms with Crippen molar-refractivity contribution in [2.45, 2.75) is 44.9 Å². The topological polar surface area (TPSA) is 437 Å². The summed E-state index contributed by atoms with van der Waals surface area (Å²) in [4.78, 5) is 135. The van der Waals surface area contributed by atoms with Gasteiger partial charge in [0.15, 0.2) is 23.7 Å². The van der Waals surface area contributed by atoms with E-state index < -0.39 is 53.8 Å². The van der Waals surface area contributed by atoms with Crippen LogP contribution in [0.3, 0.4) is 0 Å². The molecule has 33 heteroatoms. The number of aromatic amines is 1. The van der Waals surface area contributed by atoms with Crippen LogP contribution >= 0.6 is 0 Å². The third-order valence-corrected chi connectivity index (χ3v) is 16.0. The van der Waals surface area contributed by atoms with Crippen LogP contribution in [-0.4, -0.2) is 307 Å². The molecule has 7 rings (SSSR count). The molecule has 3 aromatic carbocycles. The molecule has 5 amide bonds. The van der Waals surface area contributed by atoms with Crippen LogP contribution < -0.4 is 43.2 Å². The van der Waals surface area contributed by atoms with E-state index in [1.54, 1.807) is 60.7 Å². The van der Waals surface area contributed by atoms with Gasteiger partial charge in [-0.1, -0.05) is 6.92 Å². The lowest BCUT2D eigenvalue weighted by atomic mass is 10.1. The number of nitrogens with zero attached hydrogens (tertiary/aromatic N) is 11. The van der Waals surface area contributed by atoms with Gasteiger partial charge >= 0.3 is 11.9 Å². The Balaban J connectivity index is 0.978. The molecule has 2 fully saturated rings. The van der Waals surface area contributed by atoms with E-state index in [4.69, 9.17) is 5.73 Å². The average molecular weight is 1320 g/mol. The van der Waals surface area contributed by atoms with E-state index in [0.717, 1.165) is 6.54 Å². The molecule has 0 bridgehead atoms. The molecule has 2 aromatic heterocycles. The highest BCUT2D eigenvalue weighted by molar-refractivity contribution is 6.02. The number of nitrogen functional groups attached to an aromatic ring is 1. The number of β-amino-alcohol motifs (C(OH)–C–C–N with tert-alkyl or cyclic N) is 4. The number of hydrogen-bond donors (Lipinski definition) is 14. The number of nitrogens with two attached hydrogens (primary N) is 1. The zero-order valence-electron chi connectivity index (χ0n) is 53.6. The molecule has 0 spiro atoms. The number of fused-ring (bicyclic) bond motifs is 1. The average Bonchev–Trinajstić information content (AvgIpc) is 0.886. The zero-order valence-corrected chi connectivity index (χ0v) is 53.6. The number of anilines is 6. The number of carboxylic acid groups (broad SMARTS) is 2. The molecule has 0 radical (unpaired) electrons. The molecule has 5 aromatic rings. The third kappa shape index (κ3) is 26.2. The molecule has 2 aliphatic rings. The Labute approximate surface area is 549 Å². The van der Waals surface area contributed by atoms with Crippen molar-refractivity contribution < 1.29 is 64.2 Å². The number of carbonyl (C=O) groups is 7.